The third-order valence-electron chi connectivity index (χ3n) is 4.93. The molecule has 114 valence electrons. The van der Waals surface area contributed by atoms with Crippen LogP contribution in [0.3, 0.4) is 0 Å². The van der Waals surface area contributed by atoms with E-state index in [1.165, 1.54) is 32.2 Å². The van der Waals surface area contributed by atoms with Crippen LogP contribution in [-0.2, 0) is 9.53 Å². The minimum Gasteiger partial charge on any atom is -0.378 e. The van der Waals surface area contributed by atoms with Gasteiger partial charge in [-0.3, -0.25) is 9.69 Å². The van der Waals surface area contributed by atoms with E-state index in [9.17, 15) is 4.79 Å². The van der Waals surface area contributed by atoms with Gasteiger partial charge in [0.2, 0.25) is 5.91 Å². The van der Waals surface area contributed by atoms with Crippen LogP contribution in [0.4, 0.5) is 0 Å². The summed E-state index contributed by atoms with van der Waals surface area (Å²) in [6.07, 6.45) is 5.18. The van der Waals surface area contributed by atoms with Crippen molar-refractivity contribution in [3.8, 4) is 0 Å². The van der Waals surface area contributed by atoms with Crippen molar-refractivity contribution in [1.82, 2.24) is 15.1 Å². The molecule has 2 unspecified atom stereocenters. The fraction of sp³-hybridized carbons (Fsp3) is 0.933. The number of carbonyl (C=O) groups is 1. The normalized spacial score (nSPS) is 32.5. The number of nitrogens with one attached hydrogen (secondary N) is 1. The number of nitrogens with zero attached hydrogens (tertiary/aromatic N) is 2. The highest BCUT2D eigenvalue weighted by atomic mass is 16.5. The van der Waals surface area contributed by atoms with Gasteiger partial charge in [-0.05, 0) is 44.7 Å². The minimum atomic E-state index is 0.285. The van der Waals surface area contributed by atoms with E-state index in [2.05, 4.69) is 10.2 Å². The largest absolute Gasteiger partial charge is 0.378 e. The Balaban J connectivity index is 1.47. The van der Waals surface area contributed by atoms with E-state index >= 15 is 0 Å². The van der Waals surface area contributed by atoms with Gasteiger partial charge in [-0.25, -0.2) is 0 Å². The number of hydrogen-bond donors (Lipinski definition) is 1. The molecular weight excluding hydrogens is 254 g/mol. The molecule has 0 aliphatic carbocycles. The number of likely N-dealkylation sites (tertiary alicyclic amines) is 1. The fourth-order valence-electron chi connectivity index (χ4n) is 3.78. The SMILES string of the molecule is O=C(CN1CCCC(C2CCCN2)C1)N1CCOCC1. The van der Waals surface area contributed by atoms with Crippen molar-refractivity contribution >= 4 is 5.91 Å². The molecule has 20 heavy (non-hydrogen) atoms. The molecule has 3 aliphatic heterocycles. The van der Waals surface area contributed by atoms with Crippen LogP contribution in [-0.4, -0.2) is 74.2 Å². The fourth-order valence-corrected chi connectivity index (χ4v) is 3.78. The smallest absolute Gasteiger partial charge is 0.236 e. The lowest BCUT2D eigenvalue weighted by molar-refractivity contribution is -0.137. The molecule has 1 amide bonds. The van der Waals surface area contributed by atoms with E-state index in [0.29, 0.717) is 25.8 Å². The topological polar surface area (TPSA) is 44.8 Å². The van der Waals surface area contributed by atoms with Crippen molar-refractivity contribution in [3.63, 3.8) is 0 Å². The Kier molecular flexibility index (Phi) is 4.91. The second-order valence-corrected chi connectivity index (χ2v) is 6.33. The molecule has 5 nitrogen and oxygen atoms in total. The van der Waals surface area contributed by atoms with Crippen LogP contribution in [0.1, 0.15) is 25.7 Å². The van der Waals surface area contributed by atoms with Gasteiger partial charge in [0.15, 0.2) is 0 Å². The summed E-state index contributed by atoms with van der Waals surface area (Å²) in [5, 5.41) is 3.63. The van der Waals surface area contributed by atoms with Gasteiger partial charge in [0, 0.05) is 25.7 Å². The lowest BCUT2D eigenvalue weighted by Crippen LogP contribution is -2.49. The molecule has 3 heterocycles. The molecule has 1 N–H and O–H groups in total. The number of piperidine rings is 1. The van der Waals surface area contributed by atoms with Crippen LogP contribution in [0.25, 0.3) is 0 Å². The van der Waals surface area contributed by atoms with Crippen LogP contribution in [0.15, 0.2) is 0 Å². The van der Waals surface area contributed by atoms with Crippen molar-refractivity contribution in [2.45, 2.75) is 31.7 Å². The third kappa shape index (κ3) is 3.51. The monoisotopic (exact) mass is 281 g/mol. The Hall–Kier alpha value is -0.650. The summed E-state index contributed by atoms with van der Waals surface area (Å²) in [4.78, 5) is 16.6. The zero-order chi connectivity index (χ0) is 13.8. The highest BCUT2D eigenvalue weighted by molar-refractivity contribution is 5.78. The van der Waals surface area contributed by atoms with E-state index in [4.69, 9.17) is 4.74 Å². The molecule has 3 saturated heterocycles. The summed E-state index contributed by atoms with van der Waals surface area (Å²) >= 11 is 0. The summed E-state index contributed by atoms with van der Waals surface area (Å²) in [5.74, 6) is 1.03. The Morgan fingerprint density at radius 2 is 2.00 bits per heavy atom. The van der Waals surface area contributed by atoms with Gasteiger partial charge >= 0.3 is 0 Å². The van der Waals surface area contributed by atoms with E-state index < -0.39 is 0 Å². The standard InChI is InChI=1S/C15H27N3O2/c19-15(18-7-9-20-10-8-18)12-17-6-2-3-13(11-17)14-4-1-5-16-14/h13-14,16H,1-12H2. The van der Waals surface area contributed by atoms with Crippen LogP contribution in [0.2, 0.25) is 0 Å². The van der Waals surface area contributed by atoms with E-state index in [0.717, 1.165) is 32.1 Å². The second kappa shape index (κ2) is 6.87. The number of carbonyl (C=O) groups excluding carboxylic acids is 1. The Labute approximate surface area is 121 Å². The maximum atomic E-state index is 12.3. The Bertz CT molecular complexity index is 325. The Morgan fingerprint density at radius 3 is 2.75 bits per heavy atom. The van der Waals surface area contributed by atoms with Crippen LogP contribution in [0, 0.1) is 5.92 Å². The van der Waals surface area contributed by atoms with Gasteiger partial charge in [0.05, 0.1) is 19.8 Å². The maximum Gasteiger partial charge on any atom is 0.236 e. The third-order valence-corrected chi connectivity index (χ3v) is 4.93. The summed E-state index contributed by atoms with van der Waals surface area (Å²) in [5.41, 5.74) is 0. The highest BCUT2D eigenvalue weighted by Crippen LogP contribution is 2.24. The molecule has 5 heteroatoms. The van der Waals surface area contributed by atoms with Crippen molar-refractivity contribution < 1.29 is 9.53 Å². The first-order valence-electron chi connectivity index (χ1n) is 8.14. The van der Waals surface area contributed by atoms with Gasteiger partial charge < -0.3 is 15.0 Å². The van der Waals surface area contributed by atoms with Crippen LogP contribution in [0.5, 0.6) is 0 Å². The molecule has 0 spiro atoms. The predicted molar refractivity (Wildman–Crippen MR) is 77.6 cm³/mol. The zero-order valence-electron chi connectivity index (χ0n) is 12.4. The average Bonchev–Trinajstić information content (AvgIpc) is 3.03. The zero-order valence-corrected chi connectivity index (χ0v) is 12.4. The van der Waals surface area contributed by atoms with E-state index in [1.807, 2.05) is 4.90 Å². The predicted octanol–water partition coefficient (Wildman–Crippen LogP) is 0.309. The van der Waals surface area contributed by atoms with E-state index in [1.54, 1.807) is 0 Å². The van der Waals surface area contributed by atoms with Crippen molar-refractivity contribution in [2.75, 3.05) is 52.5 Å². The molecule has 2 atom stereocenters. The number of rotatable bonds is 3. The van der Waals surface area contributed by atoms with Gasteiger partial charge in [-0.2, -0.15) is 0 Å². The van der Waals surface area contributed by atoms with Crippen LogP contribution >= 0.6 is 0 Å². The molecule has 0 bridgehead atoms. The van der Waals surface area contributed by atoms with Crippen molar-refractivity contribution in [1.29, 1.82) is 0 Å². The summed E-state index contributed by atoms with van der Waals surface area (Å²) in [6, 6.07) is 0.691. The first-order valence-corrected chi connectivity index (χ1v) is 8.14. The first-order chi connectivity index (χ1) is 9.83. The molecule has 0 saturated carbocycles. The number of ether oxygens (including phenoxy) is 1. The van der Waals surface area contributed by atoms with Crippen LogP contribution < -0.4 is 5.32 Å². The lowest BCUT2D eigenvalue weighted by Gasteiger charge is -2.37. The van der Waals surface area contributed by atoms with Crippen molar-refractivity contribution in [3.05, 3.63) is 0 Å². The summed E-state index contributed by atoms with van der Waals surface area (Å²) in [7, 11) is 0. The number of morpholine rings is 1. The molecule has 0 aromatic carbocycles. The van der Waals surface area contributed by atoms with Gasteiger partial charge in [-0.1, -0.05) is 0 Å². The van der Waals surface area contributed by atoms with Crippen molar-refractivity contribution in [2.24, 2.45) is 5.92 Å². The quantitative estimate of drug-likeness (QED) is 0.809. The number of amides is 1. The molecular formula is C15H27N3O2. The molecule has 0 aromatic rings. The number of hydrogen-bond acceptors (Lipinski definition) is 4. The first kappa shape index (κ1) is 14.3. The highest BCUT2D eigenvalue weighted by Gasteiger charge is 2.30. The minimum absolute atomic E-state index is 0.285. The maximum absolute atomic E-state index is 12.3. The molecule has 0 aromatic heterocycles. The molecule has 3 rings (SSSR count). The molecule has 0 radical (unpaired) electrons. The summed E-state index contributed by atoms with van der Waals surface area (Å²) < 4.78 is 5.31. The Morgan fingerprint density at radius 1 is 1.15 bits per heavy atom. The summed E-state index contributed by atoms with van der Waals surface area (Å²) in [6.45, 7) is 6.87. The average molecular weight is 281 g/mol. The molecule has 3 fully saturated rings. The van der Waals surface area contributed by atoms with Gasteiger partial charge in [-0.15, -0.1) is 0 Å². The van der Waals surface area contributed by atoms with Gasteiger partial charge in [0.25, 0.3) is 0 Å². The van der Waals surface area contributed by atoms with E-state index in [-0.39, 0.29) is 5.91 Å². The second-order valence-electron chi connectivity index (χ2n) is 6.33. The van der Waals surface area contributed by atoms with Gasteiger partial charge in [0.1, 0.15) is 0 Å². The lowest BCUT2D eigenvalue weighted by atomic mass is 9.90. The molecule has 3 aliphatic rings.